The molecule has 0 aromatic heterocycles. The summed E-state index contributed by atoms with van der Waals surface area (Å²) < 4.78 is 11.6. The van der Waals surface area contributed by atoms with Gasteiger partial charge in [0.15, 0.2) is 0 Å². The van der Waals surface area contributed by atoms with Crippen LogP contribution in [0.1, 0.15) is 76.7 Å². The summed E-state index contributed by atoms with van der Waals surface area (Å²) in [4.78, 5) is 28.4. The third kappa shape index (κ3) is 4.91. The van der Waals surface area contributed by atoms with Gasteiger partial charge in [-0.3, -0.25) is 9.59 Å². The zero-order chi connectivity index (χ0) is 21.7. The number of hydrogen-bond donors (Lipinski definition) is 0. The Hall–Kier alpha value is -2.04. The van der Waals surface area contributed by atoms with E-state index >= 15 is 0 Å². The Morgan fingerprint density at radius 2 is 1.55 bits per heavy atom. The van der Waals surface area contributed by atoms with E-state index in [0.29, 0.717) is 38.4 Å². The molecule has 1 aromatic carbocycles. The molecule has 3 aliphatic rings. The second-order valence-corrected chi connectivity index (χ2v) is 9.99. The normalized spacial score (nSPS) is 24.2. The van der Waals surface area contributed by atoms with E-state index < -0.39 is 5.41 Å². The summed E-state index contributed by atoms with van der Waals surface area (Å²) in [6.07, 6.45) is 10.8. The maximum atomic E-state index is 13.2. The van der Waals surface area contributed by atoms with Crippen LogP contribution in [-0.4, -0.2) is 43.1 Å². The van der Waals surface area contributed by atoms with Crippen LogP contribution in [0.3, 0.4) is 0 Å². The van der Waals surface area contributed by atoms with Crippen molar-refractivity contribution in [3.8, 4) is 5.75 Å². The van der Waals surface area contributed by atoms with Crippen LogP contribution in [0.4, 0.5) is 0 Å². The zero-order valence-corrected chi connectivity index (χ0v) is 19.0. The fourth-order valence-corrected chi connectivity index (χ4v) is 5.69. The van der Waals surface area contributed by atoms with Crippen molar-refractivity contribution in [3.05, 3.63) is 29.8 Å². The topological polar surface area (TPSA) is 55.8 Å². The van der Waals surface area contributed by atoms with Crippen molar-refractivity contribution in [2.24, 2.45) is 10.8 Å². The number of rotatable bonds is 1. The lowest BCUT2D eigenvalue weighted by Gasteiger charge is -2.44. The summed E-state index contributed by atoms with van der Waals surface area (Å²) in [7, 11) is 0. The number of fused-ring (bicyclic) bond motifs is 1. The summed E-state index contributed by atoms with van der Waals surface area (Å²) in [5.41, 5.74) is 0.563. The molecule has 0 atom stereocenters. The van der Waals surface area contributed by atoms with Gasteiger partial charge in [0.25, 0.3) is 0 Å². The van der Waals surface area contributed by atoms with Crippen LogP contribution < -0.4 is 4.74 Å². The van der Waals surface area contributed by atoms with Gasteiger partial charge in [-0.25, -0.2) is 0 Å². The number of benzene rings is 1. The highest BCUT2D eigenvalue weighted by atomic mass is 16.6. The summed E-state index contributed by atoms with van der Waals surface area (Å²) in [6.45, 7) is 4.13. The lowest BCUT2D eigenvalue weighted by atomic mass is 9.72. The van der Waals surface area contributed by atoms with Gasteiger partial charge < -0.3 is 14.4 Å². The van der Waals surface area contributed by atoms with Crippen LogP contribution in [0, 0.1) is 10.8 Å². The number of aryl methyl sites for hydroxylation is 1. The third-order valence-electron chi connectivity index (χ3n) is 7.81. The van der Waals surface area contributed by atoms with Gasteiger partial charge >= 0.3 is 5.97 Å². The van der Waals surface area contributed by atoms with Crippen LogP contribution in [0.25, 0.3) is 0 Å². The Kier molecular flexibility index (Phi) is 6.88. The van der Waals surface area contributed by atoms with Crippen molar-refractivity contribution in [2.45, 2.75) is 77.6 Å². The molecule has 2 heterocycles. The van der Waals surface area contributed by atoms with Gasteiger partial charge in [0.05, 0.1) is 5.41 Å². The van der Waals surface area contributed by atoms with Crippen LogP contribution >= 0.6 is 0 Å². The molecular weight excluding hydrogens is 390 g/mol. The summed E-state index contributed by atoms with van der Waals surface area (Å²) in [5.74, 6) is 1.10. The first-order valence-corrected chi connectivity index (χ1v) is 12.2. The lowest BCUT2D eigenvalue weighted by molar-refractivity contribution is -0.163. The van der Waals surface area contributed by atoms with Crippen LogP contribution in [0.15, 0.2) is 24.3 Å². The second kappa shape index (κ2) is 9.62. The number of nitrogens with zero attached hydrogens (tertiary/aromatic N) is 1. The number of likely N-dealkylation sites (tertiary alicyclic amines) is 1. The number of cyclic esters (lactones) is 1. The molecule has 5 heteroatoms. The van der Waals surface area contributed by atoms with E-state index in [0.717, 1.165) is 57.1 Å². The molecule has 0 bridgehead atoms. The molecule has 2 fully saturated rings. The van der Waals surface area contributed by atoms with Crippen molar-refractivity contribution in [1.82, 2.24) is 4.90 Å². The van der Waals surface area contributed by atoms with Crippen molar-refractivity contribution < 1.29 is 19.1 Å². The van der Waals surface area contributed by atoms with Crippen LogP contribution in [0.5, 0.6) is 5.75 Å². The fraction of sp³-hybridized carbons (Fsp3) is 0.692. The Morgan fingerprint density at radius 3 is 2.32 bits per heavy atom. The van der Waals surface area contributed by atoms with E-state index in [1.165, 1.54) is 12.0 Å². The van der Waals surface area contributed by atoms with Crippen molar-refractivity contribution in [3.63, 3.8) is 0 Å². The first kappa shape index (κ1) is 22.2. The molecule has 31 heavy (non-hydrogen) atoms. The first-order chi connectivity index (χ1) is 15.0. The molecule has 5 nitrogen and oxygen atoms in total. The zero-order valence-electron chi connectivity index (χ0n) is 19.0. The summed E-state index contributed by atoms with van der Waals surface area (Å²) >= 11 is 0. The monoisotopic (exact) mass is 427 g/mol. The molecule has 1 saturated carbocycles. The number of carbonyl (C=O) groups is 2. The van der Waals surface area contributed by atoms with Gasteiger partial charge in [-0.1, -0.05) is 50.8 Å². The molecule has 0 radical (unpaired) electrons. The smallest absolute Gasteiger partial charge is 0.312 e. The number of amides is 1. The molecule has 1 aliphatic carbocycles. The van der Waals surface area contributed by atoms with Crippen molar-refractivity contribution in [1.29, 1.82) is 0 Å². The van der Waals surface area contributed by atoms with Gasteiger partial charge in [-0.05, 0) is 56.6 Å². The first-order valence-electron chi connectivity index (χ1n) is 12.2. The van der Waals surface area contributed by atoms with E-state index in [1.807, 2.05) is 17.0 Å². The number of para-hydroxylation sites is 1. The summed E-state index contributed by atoms with van der Waals surface area (Å²) in [6, 6.07) is 8.15. The third-order valence-corrected chi connectivity index (χ3v) is 7.81. The molecule has 2 aliphatic heterocycles. The standard InChI is InChI=1S/C26H37NO4/c1-25(12-6-2-7-13-25)23(28)27-17-15-26(16-18-27)14-8-5-10-21-9-3-4-11-22(21)30-19-20-31-24(26)29/h3-4,9,11H,2,5-8,10,12-20H2,1H3. The van der Waals surface area contributed by atoms with Crippen LogP contribution in [-0.2, 0) is 20.7 Å². The van der Waals surface area contributed by atoms with E-state index in [4.69, 9.17) is 9.47 Å². The minimum Gasteiger partial charge on any atom is -0.490 e. The maximum Gasteiger partial charge on any atom is 0.312 e. The number of carbonyl (C=O) groups excluding carboxylic acids is 2. The van der Waals surface area contributed by atoms with E-state index in [-0.39, 0.29) is 18.0 Å². The number of piperidine rings is 1. The van der Waals surface area contributed by atoms with Gasteiger partial charge in [-0.15, -0.1) is 0 Å². The predicted octanol–water partition coefficient (Wildman–Crippen LogP) is 4.91. The fourth-order valence-electron chi connectivity index (χ4n) is 5.69. The van der Waals surface area contributed by atoms with Gasteiger partial charge in [-0.2, -0.15) is 0 Å². The molecule has 1 amide bonds. The largest absolute Gasteiger partial charge is 0.490 e. The minimum absolute atomic E-state index is 0.0964. The van der Waals surface area contributed by atoms with E-state index in [9.17, 15) is 9.59 Å². The average Bonchev–Trinajstić information content (AvgIpc) is 2.80. The number of hydrogen-bond acceptors (Lipinski definition) is 4. The van der Waals surface area contributed by atoms with E-state index in [1.54, 1.807) is 0 Å². The van der Waals surface area contributed by atoms with Crippen molar-refractivity contribution in [2.75, 3.05) is 26.3 Å². The Bertz CT molecular complexity index is 775. The van der Waals surface area contributed by atoms with Gasteiger partial charge in [0.1, 0.15) is 19.0 Å². The highest BCUT2D eigenvalue weighted by Crippen LogP contribution is 2.42. The van der Waals surface area contributed by atoms with Crippen LogP contribution in [0.2, 0.25) is 0 Å². The Morgan fingerprint density at radius 1 is 0.871 bits per heavy atom. The molecule has 4 rings (SSSR count). The number of esters is 1. The van der Waals surface area contributed by atoms with Crippen molar-refractivity contribution >= 4 is 11.9 Å². The molecule has 0 unspecified atom stereocenters. The average molecular weight is 428 g/mol. The Balaban J connectivity index is 1.40. The molecular formula is C26H37NO4. The van der Waals surface area contributed by atoms with Gasteiger partial charge in [0.2, 0.25) is 5.91 Å². The Labute approximate surface area is 186 Å². The minimum atomic E-state index is -0.455. The SMILES string of the molecule is CC1(C(=O)N2CCC3(CCCCc4ccccc4OCCOC3=O)CC2)CCCCC1. The highest BCUT2D eigenvalue weighted by Gasteiger charge is 2.45. The molecule has 1 aromatic rings. The maximum absolute atomic E-state index is 13.2. The van der Waals surface area contributed by atoms with Gasteiger partial charge in [0, 0.05) is 18.5 Å². The molecule has 170 valence electrons. The number of ether oxygens (including phenoxy) is 2. The predicted molar refractivity (Wildman–Crippen MR) is 120 cm³/mol. The molecule has 1 saturated heterocycles. The second-order valence-electron chi connectivity index (χ2n) is 9.99. The summed E-state index contributed by atoms with van der Waals surface area (Å²) in [5, 5.41) is 0. The molecule has 0 N–H and O–H groups in total. The molecule has 1 spiro atoms. The highest BCUT2D eigenvalue weighted by molar-refractivity contribution is 5.83. The quantitative estimate of drug-likeness (QED) is 0.597. The lowest BCUT2D eigenvalue weighted by Crippen LogP contribution is -2.51. The van der Waals surface area contributed by atoms with E-state index in [2.05, 4.69) is 19.1 Å².